The Labute approximate surface area is 160 Å². The average Bonchev–Trinajstić information content (AvgIpc) is 2.98. The van der Waals surface area contributed by atoms with Gasteiger partial charge >= 0.3 is 0 Å². The summed E-state index contributed by atoms with van der Waals surface area (Å²) in [6.07, 6.45) is 3.61. The molecule has 0 aliphatic carbocycles. The Kier molecular flexibility index (Phi) is 5.51. The van der Waals surface area contributed by atoms with Gasteiger partial charge in [0.2, 0.25) is 0 Å². The summed E-state index contributed by atoms with van der Waals surface area (Å²) in [6, 6.07) is 5.29. The number of hydrogen-bond donors (Lipinski definition) is 1. The molecule has 130 valence electrons. The number of nitrogens with zero attached hydrogens (tertiary/aromatic N) is 4. The monoisotopic (exact) mass is 393 g/mol. The quantitative estimate of drug-likeness (QED) is 0.584. The predicted octanol–water partition coefficient (Wildman–Crippen LogP) is 5.17. The van der Waals surface area contributed by atoms with Gasteiger partial charge in [-0.25, -0.2) is 15.0 Å². The van der Waals surface area contributed by atoms with Crippen LogP contribution in [-0.4, -0.2) is 19.5 Å². The highest BCUT2D eigenvalue weighted by Crippen LogP contribution is 2.36. The van der Waals surface area contributed by atoms with Gasteiger partial charge < -0.3 is 10.3 Å². The molecule has 5 nitrogen and oxygen atoms in total. The van der Waals surface area contributed by atoms with Crippen molar-refractivity contribution in [3.05, 3.63) is 46.7 Å². The lowest BCUT2D eigenvalue weighted by Crippen LogP contribution is -2.08. The molecule has 3 rings (SSSR count). The van der Waals surface area contributed by atoms with Gasteiger partial charge in [0.15, 0.2) is 22.5 Å². The highest BCUT2D eigenvalue weighted by molar-refractivity contribution is 7.99. The smallest absolute Gasteiger partial charge is 0.195 e. The topological polar surface area (TPSA) is 69.6 Å². The summed E-state index contributed by atoms with van der Waals surface area (Å²) >= 11 is 13.6. The highest BCUT2D eigenvalue weighted by atomic mass is 35.5. The standard InChI is InChI=1S/C17H17Cl2N5S/c1-10(2)4-3-7-24-9-21-15(20)14-16(24)23-17(22-14)25-13-8-11(18)5-6-12(13)19/h5-6,8-9H,1,3-4,7,20H2,2H3. The van der Waals surface area contributed by atoms with Crippen LogP contribution in [0.3, 0.4) is 0 Å². The van der Waals surface area contributed by atoms with Crippen LogP contribution in [0.25, 0.3) is 11.5 Å². The van der Waals surface area contributed by atoms with Crippen LogP contribution < -0.4 is 5.73 Å². The molecule has 0 fully saturated rings. The Balaban J connectivity index is 1.90. The zero-order chi connectivity index (χ0) is 18.0. The van der Waals surface area contributed by atoms with Gasteiger partial charge in [-0.05, 0) is 49.7 Å². The molecule has 2 aliphatic heterocycles. The van der Waals surface area contributed by atoms with E-state index in [1.54, 1.807) is 24.5 Å². The molecule has 0 unspecified atom stereocenters. The fourth-order valence-corrected chi connectivity index (χ4v) is 3.64. The van der Waals surface area contributed by atoms with E-state index >= 15 is 0 Å². The van der Waals surface area contributed by atoms with Crippen LogP contribution in [-0.2, 0) is 6.54 Å². The van der Waals surface area contributed by atoms with E-state index in [0.29, 0.717) is 26.7 Å². The number of aryl methyl sites for hydroxylation is 1. The van der Waals surface area contributed by atoms with E-state index in [0.717, 1.165) is 35.7 Å². The largest absolute Gasteiger partial charge is 0.382 e. The molecular formula is C17H17Cl2N5S. The molecule has 0 saturated carbocycles. The molecule has 25 heavy (non-hydrogen) atoms. The second-order valence-electron chi connectivity index (χ2n) is 5.74. The Morgan fingerprint density at radius 2 is 2.12 bits per heavy atom. The lowest BCUT2D eigenvalue weighted by molar-refractivity contribution is 0.626. The van der Waals surface area contributed by atoms with Crippen molar-refractivity contribution in [2.75, 3.05) is 5.73 Å². The van der Waals surface area contributed by atoms with E-state index in [1.165, 1.54) is 11.8 Å². The second-order valence-corrected chi connectivity index (χ2v) is 7.59. The number of hydrogen-bond acceptors (Lipinski definition) is 5. The van der Waals surface area contributed by atoms with Gasteiger partial charge in [0.1, 0.15) is 0 Å². The number of nitrogens with two attached hydrogens (primary N) is 1. The van der Waals surface area contributed by atoms with Crippen molar-refractivity contribution in [2.24, 2.45) is 0 Å². The number of nitrogen functional groups attached to an aromatic ring is 1. The van der Waals surface area contributed by atoms with Gasteiger partial charge in [-0.3, -0.25) is 0 Å². The number of aromatic nitrogens is 4. The Hall–Kier alpha value is -1.76. The lowest BCUT2D eigenvalue weighted by atomic mass is 10.2. The molecule has 1 aromatic rings. The molecule has 0 saturated heterocycles. The van der Waals surface area contributed by atoms with Crippen molar-refractivity contribution < 1.29 is 0 Å². The maximum Gasteiger partial charge on any atom is 0.195 e. The zero-order valence-electron chi connectivity index (χ0n) is 13.7. The van der Waals surface area contributed by atoms with Gasteiger partial charge in [0.25, 0.3) is 0 Å². The van der Waals surface area contributed by atoms with E-state index in [-0.39, 0.29) is 0 Å². The van der Waals surface area contributed by atoms with Crippen LogP contribution >= 0.6 is 35.0 Å². The number of imidazole rings is 1. The van der Waals surface area contributed by atoms with Crippen LogP contribution in [0.4, 0.5) is 5.82 Å². The SMILES string of the molecule is C=C(C)CCCn1cnc(N)c2nc(Sc3cc(Cl)ccc3Cl)nc1-2. The zero-order valence-corrected chi connectivity index (χ0v) is 16.0. The van der Waals surface area contributed by atoms with E-state index < -0.39 is 0 Å². The summed E-state index contributed by atoms with van der Waals surface area (Å²) < 4.78 is 1.96. The molecule has 1 aromatic carbocycles. The maximum atomic E-state index is 6.22. The summed E-state index contributed by atoms with van der Waals surface area (Å²) in [5, 5.41) is 1.77. The van der Waals surface area contributed by atoms with Crippen molar-refractivity contribution in [1.29, 1.82) is 0 Å². The van der Waals surface area contributed by atoms with Crippen molar-refractivity contribution in [1.82, 2.24) is 19.5 Å². The number of anilines is 1. The fourth-order valence-electron chi connectivity index (χ4n) is 2.35. The number of benzene rings is 1. The van der Waals surface area contributed by atoms with Gasteiger partial charge in [0, 0.05) is 16.5 Å². The van der Waals surface area contributed by atoms with Crippen molar-refractivity contribution in [3.63, 3.8) is 0 Å². The van der Waals surface area contributed by atoms with Crippen LogP contribution in [0, 0.1) is 0 Å². The fraction of sp³-hybridized carbons (Fsp3) is 0.235. The average molecular weight is 394 g/mol. The molecule has 0 bridgehead atoms. The van der Waals surface area contributed by atoms with E-state index in [1.807, 2.05) is 11.5 Å². The third kappa shape index (κ3) is 4.26. The van der Waals surface area contributed by atoms with Crippen LogP contribution in [0.5, 0.6) is 0 Å². The Bertz CT molecular complexity index is 893. The lowest BCUT2D eigenvalue weighted by Gasteiger charge is -2.10. The molecule has 0 atom stereocenters. The van der Waals surface area contributed by atoms with Crippen LogP contribution in [0.1, 0.15) is 19.8 Å². The summed E-state index contributed by atoms with van der Waals surface area (Å²) in [6.45, 7) is 6.73. The minimum atomic E-state index is 0.364. The number of fused-ring (bicyclic) bond motifs is 1. The second kappa shape index (κ2) is 7.64. The van der Waals surface area contributed by atoms with Crippen LogP contribution in [0.2, 0.25) is 10.0 Å². The molecule has 0 spiro atoms. The summed E-state index contributed by atoms with van der Waals surface area (Å²) in [5.74, 6) is 1.08. The van der Waals surface area contributed by atoms with E-state index in [9.17, 15) is 0 Å². The van der Waals surface area contributed by atoms with Gasteiger partial charge in [-0.15, -0.1) is 6.58 Å². The molecule has 8 heteroatoms. The maximum absolute atomic E-state index is 6.22. The first-order valence-electron chi connectivity index (χ1n) is 7.69. The van der Waals surface area contributed by atoms with E-state index in [4.69, 9.17) is 28.9 Å². The number of halogens is 2. The molecule has 2 aliphatic rings. The summed E-state index contributed by atoms with van der Waals surface area (Å²) in [5.41, 5.74) is 7.71. The van der Waals surface area contributed by atoms with E-state index in [2.05, 4.69) is 21.5 Å². The molecular weight excluding hydrogens is 377 g/mol. The van der Waals surface area contributed by atoms with Crippen molar-refractivity contribution >= 4 is 40.8 Å². The van der Waals surface area contributed by atoms with Gasteiger partial charge in [-0.1, -0.05) is 28.8 Å². The summed E-state index contributed by atoms with van der Waals surface area (Å²) in [7, 11) is 0. The van der Waals surface area contributed by atoms with Crippen molar-refractivity contribution in [3.8, 4) is 11.5 Å². The molecule has 2 heterocycles. The van der Waals surface area contributed by atoms with Gasteiger partial charge in [0.05, 0.1) is 11.3 Å². The minimum Gasteiger partial charge on any atom is -0.382 e. The first-order chi connectivity index (χ1) is 11.9. The molecule has 0 amide bonds. The minimum absolute atomic E-state index is 0.364. The van der Waals surface area contributed by atoms with Crippen LogP contribution in [0.15, 0.2) is 46.7 Å². The molecule has 2 N–H and O–H groups in total. The molecule has 0 aromatic heterocycles. The number of rotatable bonds is 6. The Morgan fingerprint density at radius 1 is 1.32 bits per heavy atom. The third-order valence-electron chi connectivity index (χ3n) is 3.57. The van der Waals surface area contributed by atoms with Gasteiger partial charge in [-0.2, -0.15) is 0 Å². The first kappa shape index (κ1) is 18.0. The first-order valence-corrected chi connectivity index (χ1v) is 9.27. The van der Waals surface area contributed by atoms with Crippen molar-refractivity contribution in [2.45, 2.75) is 36.4 Å². The Morgan fingerprint density at radius 3 is 2.88 bits per heavy atom. The predicted molar refractivity (Wildman–Crippen MR) is 103 cm³/mol. The highest BCUT2D eigenvalue weighted by Gasteiger charge is 2.19. The molecule has 0 radical (unpaired) electrons. The number of allylic oxidation sites excluding steroid dienone is 1. The summed E-state index contributed by atoms with van der Waals surface area (Å²) in [4.78, 5) is 14.1. The normalized spacial score (nSPS) is 11.2. The third-order valence-corrected chi connectivity index (χ3v) is 5.17.